The summed E-state index contributed by atoms with van der Waals surface area (Å²) in [5, 5.41) is 2.52. The zero-order chi connectivity index (χ0) is 17.7. The van der Waals surface area contributed by atoms with E-state index in [2.05, 4.69) is 11.9 Å². The number of benzene rings is 1. The van der Waals surface area contributed by atoms with Gasteiger partial charge in [-0.05, 0) is 30.3 Å². The van der Waals surface area contributed by atoms with Crippen molar-refractivity contribution in [2.75, 3.05) is 38.7 Å². The summed E-state index contributed by atoms with van der Waals surface area (Å²) in [5.74, 6) is -0.639. The van der Waals surface area contributed by atoms with Gasteiger partial charge in [-0.2, -0.15) is 0 Å². The average molecular weight is 331 g/mol. The van der Waals surface area contributed by atoms with Crippen molar-refractivity contribution in [2.45, 2.75) is 6.10 Å². The van der Waals surface area contributed by atoms with Gasteiger partial charge in [-0.15, -0.1) is 0 Å². The van der Waals surface area contributed by atoms with Crippen molar-refractivity contribution >= 4 is 23.4 Å². The Morgan fingerprint density at radius 1 is 1.33 bits per heavy atom. The molecule has 0 bridgehead atoms. The fraction of sp³-hybridized carbons (Fsp3) is 0.353. The number of carbonyl (C=O) groups excluding carboxylic acids is 3. The molecule has 0 spiro atoms. The van der Waals surface area contributed by atoms with Crippen LogP contribution in [0.2, 0.25) is 0 Å². The predicted molar refractivity (Wildman–Crippen MR) is 89.8 cm³/mol. The summed E-state index contributed by atoms with van der Waals surface area (Å²) >= 11 is 0. The Morgan fingerprint density at radius 3 is 2.58 bits per heavy atom. The predicted octanol–water partition coefficient (Wildman–Crippen LogP) is 0.422. The molecule has 24 heavy (non-hydrogen) atoms. The molecule has 7 heteroatoms. The molecule has 1 saturated heterocycles. The highest BCUT2D eigenvalue weighted by Crippen LogP contribution is 2.17. The Kier molecular flexibility index (Phi) is 5.70. The number of amides is 3. The number of hydrogen-bond donors (Lipinski definition) is 1. The number of likely N-dealkylation sites (N-methyl/N-ethyl adjacent to an activating group) is 2. The maximum Gasteiger partial charge on any atom is 0.254 e. The second-order valence-electron chi connectivity index (χ2n) is 5.37. The second kappa shape index (κ2) is 7.74. The van der Waals surface area contributed by atoms with Crippen LogP contribution in [0.5, 0.6) is 0 Å². The van der Waals surface area contributed by atoms with Gasteiger partial charge >= 0.3 is 0 Å². The van der Waals surface area contributed by atoms with E-state index in [0.717, 1.165) is 0 Å². The molecule has 0 aliphatic carbocycles. The Labute approximate surface area is 140 Å². The molecule has 1 fully saturated rings. The van der Waals surface area contributed by atoms with E-state index in [1.54, 1.807) is 36.2 Å². The SMILES string of the molecule is C=CC(=O)N(C)c1ccc(C(=O)N2CCOC(C(=O)NC)C2)cc1. The van der Waals surface area contributed by atoms with Gasteiger partial charge < -0.3 is 19.9 Å². The standard InChI is InChI=1S/C17H21N3O4/c1-4-15(21)19(3)13-7-5-12(6-8-13)17(23)20-9-10-24-14(11-20)16(22)18-2/h4-8,14H,1,9-11H2,2-3H3,(H,18,22). The van der Waals surface area contributed by atoms with Crippen LogP contribution in [0.1, 0.15) is 10.4 Å². The highest BCUT2D eigenvalue weighted by Gasteiger charge is 2.29. The zero-order valence-corrected chi connectivity index (χ0v) is 13.8. The second-order valence-corrected chi connectivity index (χ2v) is 5.37. The summed E-state index contributed by atoms with van der Waals surface area (Å²) < 4.78 is 5.38. The molecule has 1 aliphatic heterocycles. The van der Waals surface area contributed by atoms with Crippen LogP contribution in [-0.4, -0.2) is 62.5 Å². The lowest BCUT2D eigenvalue weighted by Gasteiger charge is -2.32. The lowest BCUT2D eigenvalue weighted by atomic mass is 10.1. The van der Waals surface area contributed by atoms with Crippen molar-refractivity contribution in [3.05, 3.63) is 42.5 Å². The Morgan fingerprint density at radius 2 is 2.00 bits per heavy atom. The molecule has 7 nitrogen and oxygen atoms in total. The van der Waals surface area contributed by atoms with Crippen LogP contribution in [0.4, 0.5) is 5.69 Å². The van der Waals surface area contributed by atoms with E-state index >= 15 is 0 Å². The van der Waals surface area contributed by atoms with Crippen molar-refractivity contribution in [3.63, 3.8) is 0 Å². The van der Waals surface area contributed by atoms with Gasteiger partial charge in [-0.3, -0.25) is 14.4 Å². The molecule has 1 heterocycles. The van der Waals surface area contributed by atoms with Crippen molar-refractivity contribution in [1.82, 2.24) is 10.2 Å². The average Bonchev–Trinajstić information content (AvgIpc) is 2.65. The van der Waals surface area contributed by atoms with Crippen molar-refractivity contribution in [2.24, 2.45) is 0 Å². The van der Waals surface area contributed by atoms with Gasteiger partial charge in [0.1, 0.15) is 0 Å². The molecule has 3 amide bonds. The number of nitrogens with zero attached hydrogens (tertiary/aromatic N) is 2. The molecule has 0 aromatic heterocycles. The van der Waals surface area contributed by atoms with Crippen LogP contribution in [0.15, 0.2) is 36.9 Å². The van der Waals surface area contributed by atoms with Crippen molar-refractivity contribution < 1.29 is 19.1 Å². The molecule has 2 rings (SSSR count). The van der Waals surface area contributed by atoms with E-state index in [0.29, 0.717) is 24.4 Å². The number of hydrogen-bond acceptors (Lipinski definition) is 4. The maximum atomic E-state index is 12.6. The van der Waals surface area contributed by atoms with Crippen LogP contribution in [0.25, 0.3) is 0 Å². The highest BCUT2D eigenvalue weighted by atomic mass is 16.5. The smallest absolute Gasteiger partial charge is 0.254 e. The molecular weight excluding hydrogens is 310 g/mol. The van der Waals surface area contributed by atoms with Crippen LogP contribution in [0.3, 0.4) is 0 Å². The van der Waals surface area contributed by atoms with E-state index < -0.39 is 6.10 Å². The monoisotopic (exact) mass is 331 g/mol. The summed E-state index contributed by atoms with van der Waals surface area (Å²) in [5.41, 5.74) is 1.16. The van der Waals surface area contributed by atoms with Gasteiger partial charge in [0, 0.05) is 31.9 Å². The first-order valence-electron chi connectivity index (χ1n) is 7.60. The Bertz CT molecular complexity index is 642. The third-order valence-electron chi connectivity index (χ3n) is 3.90. The minimum atomic E-state index is -0.650. The maximum absolute atomic E-state index is 12.6. The molecule has 0 radical (unpaired) electrons. The first-order valence-corrected chi connectivity index (χ1v) is 7.60. The van der Waals surface area contributed by atoms with Crippen LogP contribution < -0.4 is 10.2 Å². The number of carbonyl (C=O) groups is 3. The third kappa shape index (κ3) is 3.80. The van der Waals surface area contributed by atoms with Gasteiger partial charge in [-0.25, -0.2) is 0 Å². The highest BCUT2D eigenvalue weighted by molar-refractivity contribution is 6.01. The third-order valence-corrected chi connectivity index (χ3v) is 3.90. The number of morpholine rings is 1. The lowest BCUT2D eigenvalue weighted by Crippen LogP contribution is -2.51. The summed E-state index contributed by atoms with van der Waals surface area (Å²) in [6.07, 6.45) is 0.578. The molecule has 1 aromatic rings. The molecule has 1 aromatic carbocycles. The van der Waals surface area contributed by atoms with Crippen LogP contribution in [0, 0.1) is 0 Å². The van der Waals surface area contributed by atoms with E-state index in [-0.39, 0.29) is 24.3 Å². The number of ether oxygens (including phenoxy) is 1. The van der Waals surface area contributed by atoms with Gasteiger partial charge in [0.2, 0.25) is 5.91 Å². The molecule has 1 aliphatic rings. The minimum Gasteiger partial charge on any atom is -0.365 e. The van der Waals surface area contributed by atoms with Gasteiger partial charge in [-0.1, -0.05) is 6.58 Å². The topological polar surface area (TPSA) is 79.0 Å². The van der Waals surface area contributed by atoms with Crippen molar-refractivity contribution in [3.8, 4) is 0 Å². The Balaban J connectivity index is 2.08. The van der Waals surface area contributed by atoms with Gasteiger partial charge in [0.25, 0.3) is 11.8 Å². The molecule has 1 atom stereocenters. The molecular formula is C17H21N3O4. The molecule has 1 unspecified atom stereocenters. The van der Waals surface area contributed by atoms with E-state index in [9.17, 15) is 14.4 Å². The number of rotatable bonds is 4. The Hall–Kier alpha value is -2.67. The van der Waals surface area contributed by atoms with Crippen molar-refractivity contribution in [1.29, 1.82) is 0 Å². The fourth-order valence-corrected chi connectivity index (χ4v) is 2.43. The van der Waals surface area contributed by atoms with Gasteiger partial charge in [0.15, 0.2) is 6.10 Å². The van der Waals surface area contributed by atoms with E-state index in [4.69, 9.17) is 4.74 Å². The van der Waals surface area contributed by atoms with Gasteiger partial charge in [0.05, 0.1) is 13.2 Å². The van der Waals surface area contributed by atoms with Crippen LogP contribution >= 0.6 is 0 Å². The molecule has 128 valence electrons. The van der Waals surface area contributed by atoms with Crippen LogP contribution in [-0.2, 0) is 14.3 Å². The first-order chi connectivity index (χ1) is 11.5. The summed E-state index contributed by atoms with van der Waals surface area (Å²) in [6, 6.07) is 6.72. The fourth-order valence-electron chi connectivity index (χ4n) is 2.43. The summed E-state index contributed by atoms with van der Waals surface area (Å²) in [4.78, 5) is 38.9. The number of nitrogens with one attached hydrogen (secondary N) is 1. The quantitative estimate of drug-likeness (QED) is 0.811. The lowest BCUT2D eigenvalue weighted by molar-refractivity contribution is -0.136. The molecule has 0 saturated carbocycles. The summed E-state index contributed by atoms with van der Waals surface area (Å²) in [6.45, 7) is 4.41. The number of anilines is 1. The molecule has 1 N–H and O–H groups in total. The van der Waals surface area contributed by atoms with E-state index in [1.807, 2.05) is 0 Å². The minimum absolute atomic E-state index is 0.170. The van der Waals surface area contributed by atoms with E-state index in [1.165, 1.54) is 18.0 Å². The largest absolute Gasteiger partial charge is 0.365 e. The normalized spacial score (nSPS) is 17.1. The zero-order valence-electron chi connectivity index (χ0n) is 13.8. The first kappa shape index (κ1) is 17.7. The summed E-state index contributed by atoms with van der Waals surface area (Å²) in [7, 11) is 3.17.